The van der Waals surface area contributed by atoms with Gasteiger partial charge < -0.3 is 10.4 Å². The molecule has 0 atom stereocenters. The minimum atomic E-state index is -1.56. The molecule has 2 fully saturated rings. The minimum absolute atomic E-state index is 0.431. The van der Waals surface area contributed by atoms with Crippen molar-refractivity contribution in [2.45, 2.75) is 44.7 Å². The Hall–Kier alpha value is -1.89. The molecule has 122 valence electrons. The maximum Gasteiger partial charge on any atom is 0.329 e. The smallest absolute Gasteiger partial charge is 0.329 e. The Labute approximate surface area is 129 Å². The van der Waals surface area contributed by atoms with E-state index in [-0.39, 0.29) is 0 Å². The van der Waals surface area contributed by atoms with Crippen molar-refractivity contribution in [2.75, 3.05) is 19.6 Å². The lowest BCUT2D eigenvalue weighted by molar-refractivity contribution is -0.154. The highest BCUT2D eigenvalue weighted by atomic mass is 16.4. The lowest BCUT2D eigenvalue weighted by atomic mass is 9.86. The number of hydrogen-bond donors (Lipinski definition) is 2. The maximum absolute atomic E-state index is 12.7. The molecule has 1 spiro atoms. The lowest BCUT2D eigenvalue weighted by Crippen LogP contribution is -2.57. The van der Waals surface area contributed by atoms with Gasteiger partial charge in [0.25, 0.3) is 5.91 Å². The van der Waals surface area contributed by atoms with Crippen LogP contribution in [0, 0.1) is 0 Å². The van der Waals surface area contributed by atoms with Gasteiger partial charge in [-0.1, -0.05) is 12.2 Å². The van der Waals surface area contributed by atoms with Crippen LogP contribution in [0.15, 0.2) is 12.2 Å². The summed E-state index contributed by atoms with van der Waals surface area (Å²) in [6, 6.07) is -0.620. The maximum atomic E-state index is 12.7. The van der Waals surface area contributed by atoms with Crippen molar-refractivity contribution in [3.63, 3.8) is 0 Å². The van der Waals surface area contributed by atoms with Crippen LogP contribution in [0.3, 0.4) is 0 Å². The molecule has 3 amide bonds. The van der Waals surface area contributed by atoms with E-state index < -0.39 is 29.0 Å². The van der Waals surface area contributed by atoms with Crippen LogP contribution in [0.1, 0.15) is 33.6 Å². The Balaban J connectivity index is 2.16. The molecule has 0 radical (unpaired) electrons. The minimum Gasteiger partial charge on any atom is -0.480 e. The number of carbonyl (C=O) groups excluding carboxylic acids is 2. The largest absolute Gasteiger partial charge is 0.480 e. The molecule has 7 nitrogen and oxygen atoms in total. The molecule has 0 saturated carbocycles. The molecule has 22 heavy (non-hydrogen) atoms. The first-order valence-corrected chi connectivity index (χ1v) is 7.37. The second-order valence-electron chi connectivity index (χ2n) is 6.75. The number of likely N-dealkylation sites (tertiary alicyclic amines) is 1. The van der Waals surface area contributed by atoms with Gasteiger partial charge in [0.15, 0.2) is 0 Å². The number of aliphatic carboxylic acids is 1. The monoisotopic (exact) mass is 309 g/mol. The molecule has 2 aliphatic rings. The summed E-state index contributed by atoms with van der Waals surface area (Å²) in [5.74, 6) is -1.63. The molecule has 2 rings (SSSR count). The van der Waals surface area contributed by atoms with Crippen LogP contribution >= 0.6 is 0 Å². The van der Waals surface area contributed by atoms with E-state index >= 15 is 0 Å². The van der Waals surface area contributed by atoms with E-state index in [4.69, 9.17) is 0 Å². The van der Waals surface area contributed by atoms with Crippen molar-refractivity contribution in [1.29, 1.82) is 0 Å². The van der Waals surface area contributed by atoms with E-state index in [1.807, 2.05) is 6.92 Å². The molecule has 0 unspecified atom stereocenters. The van der Waals surface area contributed by atoms with Crippen LogP contribution in [0.5, 0.6) is 0 Å². The molecular formula is C15H23N3O4. The molecule has 2 N–H and O–H groups in total. The predicted octanol–water partition coefficient (Wildman–Crippen LogP) is 0.812. The SMILES string of the molecule is C=C(C)CN1CCC2(CC1)NC(=O)N(C(C)(C)C(=O)O)C2=O. The number of piperidine rings is 1. The van der Waals surface area contributed by atoms with Crippen LogP contribution < -0.4 is 5.32 Å². The summed E-state index contributed by atoms with van der Waals surface area (Å²) in [4.78, 5) is 39.3. The zero-order chi connectivity index (χ0) is 16.7. The number of hydrogen-bond acceptors (Lipinski definition) is 4. The van der Waals surface area contributed by atoms with E-state index in [1.165, 1.54) is 13.8 Å². The van der Waals surface area contributed by atoms with Crippen LogP contribution in [-0.4, -0.2) is 63.5 Å². The molecule has 0 aromatic heterocycles. The van der Waals surface area contributed by atoms with Crippen molar-refractivity contribution in [1.82, 2.24) is 15.1 Å². The van der Waals surface area contributed by atoms with Gasteiger partial charge in [-0.2, -0.15) is 0 Å². The number of amides is 3. The number of rotatable bonds is 4. The average Bonchev–Trinajstić information content (AvgIpc) is 2.63. The zero-order valence-electron chi connectivity index (χ0n) is 13.3. The predicted molar refractivity (Wildman–Crippen MR) is 80.3 cm³/mol. The summed E-state index contributed by atoms with van der Waals surface area (Å²) in [6.45, 7) is 10.7. The summed E-state index contributed by atoms with van der Waals surface area (Å²) < 4.78 is 0. The van der Waals surface area contributed by atoms with Crippen LogP contribution in [0.2, 0.25) is 0 Å². The Morgan fingerprint density at radius 3 is 2.36 bits per heavy atom. The number of imide groups is 1. The van der Waals surface area contributed by atoms with Crippen molar-refractivity contribution in [2.24, 2.45) is 0 Å². The normalized spacial score (nSPS) is 22.0. The van der Waals surface area contributed by atoms with Crippen molar-refractivity contribution >= 4 is 17.9 Å². The first-order valence-electron chi connectivity index (χ1n) is 7.37. The Bertz CT molecular complexity index is 533. The Morgan fingerprint density at radius 1 is 1.36 bits per heavy atom. The summed E-state index contributed by atoms with van der Waals surface area (Å²) >= 11 is 0. The molecular weight excluding hydrogens is 286 g/mol. The first kappa shape index (κ1) is 16.5. The van der Waals surface area contributed by atoms with Crippen LogP contribution in [0.4, 0.5) is 4.79 Å². The highest BCUT2D eigenvalue weighted by Crippen LogP contribution is 2.33. The quantitative estimate of drug-likeness (QED) is 0.592. The van der Waals surface area contributed by atoms with Crippen LogP contribution in [0.25, 0.3) is 0 Å². The second-order valence-corrected chi connectivity index (χ2v) is 6.75. The number of carboxylic acids is 1. The summed E-state index contributed by atoms with van der Waals surface area (Å²) in [5, 5.41) is 12.0. The summed E-state index contributed by atoms with van der Waals surface area (Å²) in [5.41, 5.74) is -1.47. The molecule has 0 aromatic rings. The second kappa shape index (κ2) is 5.39. The Morgan fingerprint density at radius 2 is 1.91 bits per heavy atom. The Kier molecular flexibility index (Phi) is 4.04. The molecule has 7 heteroatoms. The zero-order valence-corrected chi connectivity index (χ0v) is 13.3. The average molecular weight is 309 g/mol. The van der Waals surface area contributed by atoms with Gasteiger partial charge in [-0.05, 0) is 33.6 Å². The van der Waals surface area contributed by atoms with Gasteiger partial charge in [0.2, 0.25) is 0 Å². The fraction of sp³-hybridized carbons (Fsp3) is 0.667. The molecule has 0 aromatic carbocycles. The number of carbonyl (C=O) groups is 3. The highest BCUT2D eigenvalue weighted by Gasteiger charge is 2.57. The van der Waals surface area contributed by atoms with Gasteiger partial charge >= 0.3 is 12.0 Å². The topological polar surface area (TPSA) is 90.0 Å². The molecule has 2 saturated heterocycles. The van der Waals surface area contributed by atoms with E-state index in [1.54, 1.807) is 0 Å². The van der Waals surface area contributed by atoms with Gasteiger partial charge in [0.1, 0.15) is 11.1 Å². The van der Waals surface area contributed by atoms with E-state index in [9.17, 15) is 19.5 Å². The summed E-state index contributed by atoms with van der Waals surface area (Å²) in [6.07, 6.45) is 0.966. The van der Waals surface area contributed by atoms with Gasteiger partial charge in [-0.25, -0.2) is 14.5 Å². The van der Waals surface area contributed by atoms with E-state index in [2.05, 4.69) is 16.8 Å². The van der Waals surface area contributed by atoms with E-state index in [0.29, 0.717) is 25.9 Å². The van der Waals surface area contributed by atoms with Crippen molar-refractivity contribution < 1.29 is 19.5 Å². The molecule has 2 heterocycles. The van der Waals surface area contributed by atoms with Gasteiger partial charge in [0, 0.05) is 19.6 Å². The third-order valence-corrected chi connectivity index (χ3v) is 4.45. The highest BCUT2D eigenvalue weighted by molar-refractivity contribution is 6.10. The van der Waals surface area contributed by atoms with Gasteiger partial charge in [-0.15, -0.1) is 0 Å². The number of urea groups is 1. The first-order chi connectivity index (χ1) is 10.1. The van der Waals surface area contributed by atoms with Crippen molar-refractivity contribution in [3.05, 3.63) is 12.2 Å². The lowest BCUT2D eigenvalue weighted by Gasteiger charge is -2.38. The molecule has 0 aliphatic carbocycles. The third-order valence-electron chi connectivity index (χ3n) is 4.45. The van der Waals surface area contributed by atoms with Gasteiger partial charge in [-0.3, -0.25) is 9.69 Å². The fourth-order valence-corrected chi connectivity index (χ4v) is 3.04. The van der Waals surface area contributed by atoms with Crippen LogP contribution in [-0.2, 0) is 9.59 Å². The number of nitrogens with one attached hydrogen (secondary N) is 1. The number of carboxylic acid groups (broad SMARTS) is 1. The van der Waals surface area contributed by atoms with Gasteiger partial charge in [0.05, 0.1) is 0 Å². The molecule has 2 aliphatic heterocycles. The number of nitrogens with zero attached hydrogens (tertiary/aromatic N) is 2. The summed E-state index contributed by atoms with van der Waals surface area (Å²) in [7, 11) is 0. The third kappa shape index (κ3) is 2.61. The van der Waals surface area contributed by atoms with Crippen molar-refractivity contribution in [3.8, 4) is 0 Å². The standard InChI is InChI=1S/C15H23N3O4/c1-10(2)9-17-7-5-15(6-8-17)11(19)18(13(22)16-15)14(3,4)12(20)21/h1,5-9H2,2-4H3,(H,16,22)(H,20,21). The molecule has 0 bridgehead atoms. The fourth-order valence-electron chi connectivity index (χ4n) is 3.04. The van der Waals surface area contributed by atoms with E-state index in [0.717, 1.165) is 17.0 Å².